The van der Waals surface area contributed by atoms with Gasteiger partial charge < -0.3 is 15.5 Å². The molecule has 0 radical (unpaired) electrons. The van der Waals surface area contributed by atoms with Crippen molar-refractivity contribution in [3.63, 3.8) is 0 Å². The summed E-state index contributed by atoms with van der Waals surface area (Å²) in [5.41, 5.74) is 11.2. The lowest BCUT2D eigenvalue weighted by Gasteiger charge is -2.12. The molecule has 3 aromatic rings. The molecule has 0 saturated heterocycles. The number of nitrogen functional groups attached to an aromatic ring is 1. The Morgan fingerprint density at radius 3 is 2.86 bits per heavy atom. The van der Waals surface area contributed by atoms with E-state index in [1.54, 1.807) is 6.20 Å². The van der Waals surface area contributed by atoms with Crippen LogP contribution in [-0.2, 0) is 13.1 Å². The van der Waals surface area contributed by atoms with Crippen molar-refractivity contribution in [3.05, 3.63) is 24.2 Å². The number of hydrogen-bond donors (Lipinski definition) is 3. The van der Waals surface area contributed by atoms with E-state index in [4.69, 9.17) is 10.9 Å². The predicted molar refractivity (Wildman–Crippen MR) is 80.7 cm³/mol. The Hall–Kier alpha value is -2.25. The minimum Gasteiger partial charge on any atom is -0.382 e. The highest BCUT2D eigenvalue weighted by molar-refractivity contribution is 6.04. The van der Waals surface area contributed by atoms with Crippen LogP contribution < -0.4 is 11.2 Å². The van der Waals surface area contributed by atoms with Gasteiger partial charge in [-0.05, 0) is 18.1 Å². The average Bonchev–Trinajstić information content (AvgIpc) is 2.79. The molecular formula is C14H18N6O. The fraction of sp³-hybridized carbons (Fsp3) is 0.357. The van der Waals surface area contributed by atoms with E-state index >= 15 is 0 Å². The molecular weight excluding hydrogens is 268 g/mol. The molecule has 3 rings (SSSR count). The molecule has 3 heterocycles. The van der Waals surface area contributed by atoms with Crippen LogP contribution in [0.15, 0.2) is 18.3 Å². The molecule has 0 aliphatic rings. The zero-order valence-electron chi connectivity index (χ0n) is 12.0. The van der Waals surface area contributed by atoms with Crippen LogP contribution in [0.5, 0.6) is 0 Å². The Morgan fingerprint density at radius 1 is 1.33 bits per heavy atom. The fourth-order valence-electron chi connectivity index (χ4n) is 2.54. The predicted octanol–water partition coefficient (Wildman–Crippen LogP) is 1.70. The quantitative estimate of drug-likeness (QED) is 0.631. The molecule has 0 aliphatic heterocycles. The van der Waals surface area contributed by atoms with E-state index < -0.39 is 0 Å². The monoisotopic (exact) mass is 286 g/mol. The summed E-state index contributed by atoms with van der Waals surface area (Å²) in [6.07, 6.45) is 1.73. The van der Waals surface area contributed by atoms with Crippen molar-refractivity contribution in [3.8, 4) is 0 Å². The van der Waals surface area contributed by atoms with Gasteiger partial charge in [-0.1, -0.05) is 13.8 Å². The van der Waals surface area contributed by atoms with Crippen LogP contribution in [0.4, 0.5) is 5.82 Å². The zero-order valence-corrected chi connectivity index (χ0v) is 12.0. The van der Waals surface area contributed by atoms with Crippen molar-refractivity contribution < 1.29 is 5.21 Å². The van der Waals surface area contributed by atoms with E-state index in [2.05, 4.69) is 38.8 Å². The van der Waals surface area contributed by atoms with Crippen LogP contribution in [0, 0.1) is 5.92 Å². The Morgan fingerprint density at radius 2 is 2.14 bits per heavy atom. The summed E-state index contributed by atoms with van der Waals surface area (Å²) in [5.74, 6) is 1.52. The number of nitrogens with zero attached hydrogens (tertiary/aromatic N) is 4. The molecule has 0 aliphatic carbocycles. The van der Waals surface area contributed by atoms with Gasteiger partial charge in [0.15, 0.2) is 5.82 Å². The molecule has 0 saturated carbocycles. The summed E-state index contributed by atoms with van der Waals surface area (Å²) < 4.78 is 2.05. The summed E-state index contributed by atoms with van der Waals surface area (Å²) in [6, 6.07) is 3.72. The zero-order chi connectivity index (χ0) is 15.0. The topological polar surface area (TPSA) is 102 Å². The molecule has 0 bridgehead atoms. The first-order valence-corrected chi connectivity index (χ1v) is 6.88. The lowest BCUT2D eigenvalue weighted by molar-refractivity contribution is 0.157. The first-order valence-electron chi connectivity index (χ1n) is 6.88. The van der Waals surface area contributed by atoms with Crippen LogP contribution in [0.2, 0.25) is 0 Å². The van der Waals surface area contributed by atoms with E-state index in [1.807, 2.05) is 12.1 Å². The van der Waals surface area contributed by atoms with Gasteiger partial charge in [0.2, 0.25) is 0 Å². The lowest BCUT2D eigenvalue weighted by Crippen LogP contribution is -2.15. The van der Waals surface area contributed by atoms with Gasteiger partial charge in [0.05, 0.1) is 12.1 Å². The minimum absolute atomic E-state index is 0.245. The fourth-order valence-corrected chi connectivity index (χ4v) is 2.54. The highest BCUT2D eigenvalue weighted by Gasteiger charge is 2.18. The molecule has 7 heteroatoms. The van der Waals surface area contributed by atoms with Gasteiger partial charge in [-0.3, -0.25) is 4.98 Å². The van der Waals surface area contributed by atoms with Crippen LogP contribution in [-0.4, -0.2) is 24.7 Å². The number of anilines is 1. The number of pyridine rings is 2. The molecule has 0 unspecified atom stereocenters. The summed E-state index contributed by atoms with van der Waals surface area (Å²) in [6.45, 7) is 5.27. The van der Waals surface area contributed by atoms with Gasteiger partial charge in [0.1, 0.15) is 22.4 Å². The van der Waals surface area contributed by atoms with Crippen molar-refractivity contribution in [1.29, 1.82) is 0 Å². The molecule has 3 aromatic heterocycles. The third kappa shape index (κ3) is 2.30. The molecule has 4 N–H and O–H groups in total. The van der Waals surface area contributed by atoms with E-state index in [0.29, 0.717) is 23.1 Å². The number of aromatic nitrogens is 4. The van der Waals surface area contributed by atoms with Crippen molar-refractivity contribution >= 4 is 27.9 Å². The highest BCUT2D eigenvalue weighted by atomic mass is 16.5. The first kappa shape index (κ1) is 13.7. The van der Waals surface area contributed by atoms with Crippen LogP contribution in [0.25, 0.3) is 22.1 Å². The van der Waals surface area contributed by atoms with Crippen LogP contribution in [0.1, 0.15) is 19.7 Å². The normalized spacial score (nSPS) is 11.8. The first-order chi connectivity index (χ1) is 10.1. The van der Waals surface area contributed by atoms with Crippen molar-refractivity contribution in [2.75, 3.05) is 5.73 Å². The number of nitrogens with two attached hydrogens (primary N) is 1. The second-order valence-electron chi connectivity index (χ2n) is 5.43. The van der Waals surface area contributed by atoms with E-state index in [1.165, 1.54) is 0 Å². The smallest absolute Gasteiger partial charge is 0.152 e. The summed E-state index contributed by atoms with van der Waals surface area (Å²) in [4.78, 5) is 13.3. The molecule has 0 aromatic carbocycles. The molecule has 0 atom stereocenters. The van der Waals surface area contributed by atoms with E-state index in [0.717, 1.165) is 23.1 Å². The van der Waals surface area contributed by atoms with Crippen molar-refractivity contribution in [2.45, 2.75) is 26.9 Å². The number of fused-ring (bicyclic) bond motifs is 3. The number of hydroxylamine groups is 1. The number of imidazole rings is 1. The maximum atomic E-state index is 9.02. The Bertz CT molecular complexity index is 795. The third-order valence-corrected chi connectivity index (χ3v) is 3.33. The van der Waals surface area contributed by atoms with Gasteiger partial charge >= 0.3 is 0 Å². The second-order valence-corrected chi connectivity index (χ2v) is 5.43. The molecule has 0 amide bonds. The van der Waals surface area contributed by atoms with E-state index in [-0.39, 0.29) is 6.54 Å². The maximum absolute atomic E-state index is 9.02. The minimum atomic E-state index is 0.245. The van der Waals surface area contributed by atoms with Gasteiger partial charge in [-0.15, -0.1) is 0 Å². The lowest BCUT2D eigenvalue weighted by atomic mass is 10.2. The van der Waals surface area contributed by atoms with E-state index in [9.17, 15) is 0 Å². The average molecular weight is 286 g/mol. The maximum Gasteiger partial charge on any atom is 0.152 e. The second kappa shape index (κ2) is 5.27. The molecule has 7 nitrogen and oxygen atoms in total. The Kier molecular flexibility index (Phi) is 3.44. The standard InChI is InChI=1S/C14H18N6O/c1-8(2)7-20-10(6-17-21)19-12-13(20)11-9(18-14(12)15)4-3-5-16-11/h3-5,8,17,21H,6-7H2,1-2H3,(H2,15,18). The summed E-state index contributed by atoms with van der Waals surface area (Å²) >= 11 is 0. The summed E-state index contributed by atoms with van der Waals surface area (Å²) in [5, 5.41) is 9.02. The number of nitrogens with one attached hydrogen (secondary N) is 1. The van der Waals surface area contributed by atoms with Gasteiger partial charge in [-0.25, -0.2) is 9.97 Å². The van der Waals surface area contributed by atoms with Gasteiger partial charge in [-0.2, -0.15) is 5.48 Å². The van der Waals surface area contributed by atoms with Crippen molar-refractivity contribution in [2.24, 2.45) is 5.92 Å². The molecule has 0 spiro atoms. The SMILES string of the molecule is CC(C)Cn1c(CNO)nc2c(N)nc3cccnc3c21. The van der Waals surface area contributed by atoms with Gasteiger partial charge in [0.25, 0.3) is 0 Å². The molecule has 0 fully saturated rings. The number of rotatable bonds is 4. The largest absolute Gasteiger partial charge is 0.382 e. The third-order valence-electron chi connectivity index (χ3n) is 3.33. The summed E-state index contributed by atoms with van der Waals surface area (Å²) in [7, 11) is 0. The van der Waals surface area contributed by atoms with Gasteiger partial charge in [0, 0.05) is 12.7 Å². The molecule has 21 heavy (non-hydrogen) atoms. The Balaban J connectivity index is 2.39. The molecule has 110 valence electrons. The number of hydrogen-bond acceptors (Lipinski definition) is 6. The van der Waals surface area contributed by atoms with Crippen LogP contribution in [0.3, 0.4) is 0 Å². The Labute approximate surface area is 121 Å². The van der Waals surface area contributed by atoms with Crippen LogP contribution >= 0.6 is 0 Å². The highest BCUT2D eigenvalue weighted by Crippen LogP contribution is 2.28. The van der Waals surface area contributed by atoms with Crippen molar-refractivity contribution in [1.82, 2.24) is 25.0 Å².